The maximum absolute atomic E-state index is 8.95. The molecule has 68 valence electrons. The van der Waals surface area contributed by atoms with Crippen LogP contribution in [0.1, 0.15) is 33.1 Å². The third-order valence-corrected chi connectivity index (χ3v) is 4.71. The highest BCUT2D eigenvalue weighted by Crippen LogP contribution is 2.59. The molecule has 2 aliphatic rings. The van der Waals surface area contributed by atoms with Gasteiger partial charge in [0.2, 0.25) is 0 Å². The van der Waals surface area contributed by atoms with Gasteiger partial charge >= 0.3 is 0 Å². The lowest BCUT2D eigenvalue weighted by Gasteiger charge is -2.32. The number of halogens is 1. The maximum atomic E-state index is 8.95. The van der Waals surface area contributed by atoms with Gasteiger partial charge in [-0.15, -0.1) is 0 Å². The summed E-state index contributed by atoms with van der Waals surface area (Å²) in [6, 6.07) is 0. The lowest BCUT2D eigenvalue weighted by atomic mass is 9.75. The Hall–Kier alpha value is -0.0500. The van der Waals surface area contributed by atoms with E-state index in [1.54, 1.807) is 0 Å². The monoisotopic (exact) mass is 231 g/mol. The van der Waals surface area contributed by atoms with Gasteiger partial charge in [0.25, 0.3) is 0 Å². The van der Waals surface area contributed by atoms with Gasteiger partial charge in [-0.05, 0) is 25.2 Å². The van der Waals surface area contributed by atoms with Crippen molar-refractivity contribution >= 4 is 21.6 Å². The lowest BCUT2D eigenvalue weighted by Crippen LogP contribution is -2.37. The van der Waals surface area contributed by atoms with E-state index in [0.717, 1.165) is 18.6 Å². The summed E-state index contributed by atoms with van der Waals surface area (Å²) in [6.07, 6.45) is 3.52. The lowest BCUT2D eigenvalue weighted by molar-refractivity contribution is 0.286. The molecule has 0 aromatic heterocycles. The molecule has 1 N–H and O–H groups in total. The molecule has 12 heavy (non-hydrogen) atoms. The van der Waals surface area contributed by atoms with Crippen molar-refractivity contribution in [2.75, 3.05) is 0 Å². The number of oxime groups is 1. The number of fused-ring (bicyclic) bond motifs is 2. The van der Waals surface area contributed by atoms with E-state index >= 15 is 0 Å². The molecule has 2 nitrogen and oxygen atoms in total. The summed E-state index contributed by atoms with van der Waals surface area (Å²) >= 11 is 3.70. The molecule has 2 bridgehead atoms. The van der Waals surface area contributed by atoms with Crippen LogP contribution in [0.5, 0.6) is 0 Å². The van der Waals surface area contributed by atoms with Gasteiger partial charge < -0.3 is 5.21 Å². The minimum atomic E-state index is 0.0237. The van der Waals surface area contributed by atoms with Crippen LogP contribution in [0.2, 0.25) is 0 Å². The number of nitrogens with zero attached hydrogens (tertiary/aromatic N) is 1. The van der Waals surface area contributed by atoms with Crippen molar-refractivity contribution in [1.82, 2.24) is 0 Å². The number of hydrogen-bond donors (Lipinski definition) is 1. The molecule has 0 aromatic carbocycles. The fourth-order valence-electron chi connectivity index (χ4n) is 2.82. The molecule has 0 aliphatic heterocycles. The molecule has 0 aromatic rings. The van der Waals surface area contributed by atoms with E-state index in [2.05, 4.69) is 34.9 Å². The molecular formula is C9H14BrNO. The second-order valence-corrected chi connectivity index (χ2v) is 6.09. The van der Waals surface area contributed by atoms with E-state index in [4.69, 9.17) is 5.21 Å². The zero-order chi connectivity index (χ0) is 8.98. The minimum Gasteiger partial charge on any atom is -0.411 e. The molecule has 0 heterocycles. The second-order valence-electron chi connectivity index (χ2n) is 4.58. The van der Waals surface area contributed by atoms with Gasteiger partial charge in [-0.25, -0.2) is 0 Å². The first-order chi connectivity index (χ1) is 5.50. The second kappa shape index (κ2) is 2.25. The van der Waals surface area contributed by atoms with Gasteiger partial charge in [0, 0.05) is 5.41 Å². The number of rotatable bonds is 0. The molecule has 2 atom stereocenters. The number of hydrogen-bond acceptors (Lipinski definition) is 2. The van der Waals surface area contributed by atoms with Gasteiger partial charge in [-0.3, -0.25) is 0 Å². The van der Waals surface area contributed by atoms with Gasteiger partial charge in [0.1, 0.15) is 0 Å². The summed E-state index contributed by atoms with van der Waals surface area (Å²) in [5, 5.41) is 12.4. The Morgan fingerprint density at radius 1 is 1.58 bits per heavy atom. The Bertz CT molecular complexity index is 242. The Morgan fingerprint density at radius 2 is 2.25 bits per heavy atom. The summed E-state index contributed by atoms with van der Waals surface area (Å²) < 4.78 is 0.0237. The molecule has 2 rings (SSSR count). The molecule has 0 spiro atoms. The van der Waals surface area contributed by atoms with Crippen molar-refractivity contribution in [3.8, 4) is 0 Å². The van der Waals surface area contributed by atoms with Gasteiger partial charge in [-0.2, -0.15) is 0 Å². The molecule has 3 heteroatoms. The van der Waals surface area contributed by atoms with Crippen molar-refractivity contribution in [3.63, 3.8) is 0 Å². The fraction of sp³-hybridized carbons (Fsp3) is 0.889. The first-order valence-electron chi connectivity index (χ1n) is 4.42. The minimum absolute atomic E-state index is 0.0237. The highest BCUT2D eigenvalue weighted by Gasteiger charge is 2.59. The molecule has 0 radical (unpaired) electrons. The Labute approximate surface area is 81.2 Å². The molecule has 2 fully saturated rings. The third kappa shape index (κ3) is 0.832. The average molecular weight is 232 g/mol. The van der Waals surface area contributed by atoms with Gasteiger partial charge in [0.05, 0.1) is 10.0 Å². The van der Waals surface area contributed by atoms with E-state index in [0.29, 0.717) is 5.92 Å². The van der Waals surface area contributed by atoms with Crippen molar-refractivity contribution < 1.29 is 5.21 Å². The van der Waals surface area contributed by atoms with E-state index < -0.39 is 0 Å². The van der Waals surface area contributed by atoms with Crippen LogP contribution >= 0.6 is 15.9 Å². The normalized spacial score (nSPS) is 47.2. The van der Waals surface area contributed by atoms with Crippen LogP contribution < -0.4 is 0 Å². The first-order valence-corrected chi connectivity index (χ1v) is 5.22. The molecule has 2 saturated carbocycles. The molecule has 2 aliphatic carbocycles. The first kappa shape index (κ1) is 8.54. The summed E-state index contributed by atoms with van der Waals surface area (Å²) in [4.78, 5) is 0. The molecular weight excluding hydrogens is 218 g/mol. The van der Waals surface area contributed by atoms with E-state index in [1.807, 2.05) is 0 Å². The fourth-order valence-corrected chi connectivity index (χ4v) is 4.03. The van der Waals surface area contributed by atoms with Crippen LogP contribution in [-0.4, -0.2) is 15.2 Å². The Kier molecular flexibility index (Phi) is 1.60. The highest BCUT2D eigenvalue weighted by molar-refractivity contribution is 9.10. The van der Waals surface area contributed by atoms with Crippen LogP contribution in [0.25, 0.3) is 0 Å². The van der Waals surface area contributed by atoms with E-state index in [-0.39, 0.29) is 9.74 Å². The summed E-state index contributed by atoms with van der Waals surface area (Å²) in [5.74, 6) is 0.697. The van der Waals surface area contributed by atoms with E-state index in [1.165, 1.54) is 6.42 Å². The molecule has 0 amide bonds. The molecule has 0 saturated heterocycles. The maximum Gasteiger partial charge on any atom is 0.0796 e. The van der Waals surface area contributed by atoms with Crippen LogP contribution in [0, 0.1) is 11.3 Å². The number of alkyl halides is 1. The van der Waals surface area contributed by atoms with Crippen LogP contribution in [0.15, 0.2) is 5.16 Å². The predicted octanol–water partition coefficient (Wildman–Crippen LogP) is 2.79. The van der Waals surface area contributed by atoms with Crippen molar-refractivity contribution in [1.29, 1.82) is 0 Å². The third-order valence-electron chi connectivity index (χ3n) is 3.61. The van der Waals surface area contributed by atoms with Gasteiger partial charge in [-0.1, -0.05) is 34.9 Å². The predicted molar refractivity (Wildman–Crippen MR) is 52.0 cm³/mol. The van der Waals surface area contributed by atoms with Gasteiger partial charge in [0.15, 0.2) is 0 Å². The van der Waals surface area contributed by atoms with Crippen molar-refractivity contribution in [3.05, 3.63) is 0 Å². The van der Waals surface area contributed by atoms with Crippen LogP contribution in [-0.2, 0) is 0 Å². The quantitative estimate of drug-likeness (QED) is 0.388. The van der Waals surface area contributed by atoms with Crippen molar-refractivity contribution in [2.24, 2.45) is 16.5 Å². The van der Waals surface area contributed by atoms with E-state index in [9.17, 15) is 0 Å². The zero-order valence-corrected chi connectivity index (χ0v) is 9.06. The van der Waals surface area contributed by atoms with Crippen LogP contribution in [0.3, 0.4) is 0 Å². The zero-order valence-electron chi connectivity index (χ0n) is 7.47. The summed E-state index contributed by atoms with van der Waals surface area (Å²) in [5.41, 5.74) is 1.04. The topological polar surface area (TPSA) is 32.6 Å². The highest BCUT2D eigenvalue weighted by atomic mass is 79.9. The van der Waals surface area contributed by atoms with Crippen molar-refractivity contribution in [2.45, 2.75) is 37.4 Å². The largest absolute Gasteiger partial charge is 0.411 e. The summed E-state index contributed by atoms with van der Waals surface area (Å²) in [7, 11) is 0. The summed E-state index contributed by atoms with van der Waals surface area (Å²) in [6.45, 7) is 4.35. The standard InChI is InChI=1S/C9H14BrNO/c1-8(2)6-3-4-9(10,5-6)7(8)11-12/h6,12H,3-5H2,1-2H3/b11-7+/t6-,9-/m0/s1. The smallest absolute Gasteiger partial charge is 0.0796 e. The Morgan fingerprint density at radius 3 is 2.58 bits per heavy atom. The van der Waals surface area contributed by atoms with Crippen LogP contribution in [0.4, 0.5) is 0 Å². The average Bonchev–Trinajstić information content (AvgIpc) is 2.39. The SMILES string of the molecule is CC1(C)/C(=N\O)[C@]2(Br)CC[C@H]1C2. The molecule has 0 unspecified atom stereocenters. The Balaban J connectivity index is 2.45.